The number of carboxylic acids is 2. The maximum Gasteiger partial charge on any atom is 0.335 e. The van der Waals surface area contributed by atoms with Gasteiger partial charge in [0.15, 0.2) is 0 Å². The topological polar surface area (TPSA) is 164 Å². The SMILES string of the molecule is COc1cc(CC(=O)N2C[C@@H](Oc3ccc(C(=O)O)cc3)C[C@H]2COc2ccc(C(=O)O)cc2)ccc1NC(=O)Nc1ccccc1Br. The van der Waals surface area contributed by atoms with Gasteiger partial charge in [-0.3, -0.25) is 4.79 Å². The molecule has 1 aliphatic rings. The Hall–Kier alpha value is -5.56. The van der Waals surface area contributed by atoms with Crippen LogP contribution in [0.3, 0.4) is 0 Å². The highest BCUT2D eigenvalue weighted by atomic mass is 79.9. The first-order chi connectivity index (χ1) is 23.1. The van der Waals surface area contributed by atoms with Crippen LogP contribution in [0, 0.1) is 0 Å². The summed E-state index contributed by atoms with van der Waals surface area (Å²) in [7, 11) is 1.47. The van der Waals surface area contributed by atoms with Crippen LogP contribution in [0.1, 0.15) is 32.7 Å². The van der Waals surface area contributed by atoms with Crippen LogP contribution in [0.5, 0.6) is 17.2 Å². The van der Waals surface area contributed by atoms with Gasteiger partial charge in [-0.25, -0.2) is 14.4 Å². The van der Waals surface area contributed by atoms with Gasteiger partial charge in [0.2, 0.25) is 5.91 Å². The van der Waals surface area contributed by atoms with Crippen molar-refractivity contribution in [3.8, 4) is 17.2 Å². The maximum atomic E-state index is 13.7. The van der Waals surface area contributed by atoms with Gasteiger partial charge in [-0.2, -0.15) is 0 Å². The second kappa shape index (κ2) is 15.4. The highest BCUT2D eigenvalue weighted by molar-refractivity contribution is 9.10. The lowest BCUT2D eigenvalue weighted by atomic mass is 10.1. The third-order valence-corrected chi connectivity index (χ3v) is 8.33. The molecule has 13 heteroatoms. The van der Waals surface area contributed by atoms with E-state index in [0.717, 1.165) is 4.47 Å². The lowest BCUT2D eigenvalue weighted by molar-refractivity contribution is -0.132. The zero-order chi connectivity index (χ0) is 34.2. The van der Waals surface area contributed by atoms with E-state index in [1.807, 2.05) is 12.1 Å². The first-order valence-electron chi connectivity index (χ1n) is 14.8. The predicted octanol–water partition coefficient (Wildman–Crippen LogP) is 6.17. The summed E-state index contributed by atoms with van der Waals surface area (Å²) in [6.45, 7) is 0.395. The molecule has 1 fully saturated rings. The minimum absolute atomic E-state index is 0.0314. The Kier molecular flexibility index (Phi) is 10.8. The molecule has 1 heterocycles. The third kappa shape index (κ3) is 8.62. The zero-order valence-electron chi connectivity index (χ0n) is 25.7. The van der Waals surface area contributed by atoms with Crippen molar-refractivity contribution in [1.29, 1.82) is 0 Å². The highest BCUT2D eigenvalue weighted by Gasteiger charge is 2.37. The summed E-state index contributed by atoms with van der Waals surface area (Å²) in [5, 5.41) is 23.9. The number of halogens is 1. The lowest BCUT2D eigenvalue weighted by Gasteiger charge is -2.25. The summed E-state index contributed by atoms with van der Waals surface area (Å²) < 4.78 is 18.3. The van der Waals surface area contributed by atoms with Crippen molar-refractivity contribution in [3.63, 3.8) is 0 Å². The lowest BCUT2D eigenvalue weighted by Crippen LogP contribution is -2.40. The van der Waals surface area contributed by atoms with Crippen LogP contribution in [0.4, 0.5) is 16.2 Å². The first kappa shape index (κ1) is 33.8. The summed E-state index contributed by atoms with van der Waals surface area (Å²) in [4.78, 5) is 50.5. The van der Waals surface area contributed by atoms with E-state index in [4.69, 9.17) is 14.2 Å². The molecule has 4 aromatic carbocycles. The number of methoxy groups -OCH3 is 1. The molecule has 5 rings (SSSR count). The number of hydrogen-bond acceptors (Lipinski definition) is 7. The van der Waals surface area contributed by atoms with E-state index >= 15 is 0 Å². The Bertz CT molecular complexity index is 1800. The summed E-state index contributed by atoms with van der Waals surface area (Å²) >= 11 is 3.40. The number of carboxylic acid groups (broad SMARTS) is 2. The van der Waals surface area contributed by atoms with Crippen LogP contribution in [0.2, 0.25) is 0 Å². The fourth-order valence-corrected chi connectivity index (χ4v) is 5.62. The monoisotopic (exact) mass is 717 g/mol. The second-order valence-corrected chi connectivity index (χ2v) is 11.8. The fraction of sp³-hybridized carbons (Fsp3) is 0.200. The van der Waals surface area contributed by atoms with Gasteiger partial charge in [0.05, 0.1) is 48.6 Å². The van der Waals surface area contributed by atoms with Crippen LogP contribution < -0.4 is 24.8 Å². The van der Waals surface area contributed by atoms with Crippen molar-refractivity contribution in [2.45, 2.75) is 25.0 Å². The first-order valence-corrected chi connectivity index (χ1v) is 15.6. The second-order valence-electron chi connectivity index (χ2n) is 10.9. The smallest absolute Gasteiger partial charge is 0.335 e. The number of hydrogen-bond donors (Lipinski definition) is 4. The van der Waals surface area contributed by atoms with E-state index in [1.54, 1.807) is 59.5 Å². The van der Waals surface area contributed by atoms with E-state index in [-0.39, 0.29) is 42.6 Å². The number of carbonyl (C=O) groups is 4. The molecule has 2 atom stereocenters. The normalized spacial score (nSPS) is 15.3. The van der Waals surface area contributed by atoms with Crippen molar-refractivity contribution in [1.82, 2.24) is 4.90 Å². The number of carbonyl (C=O) groups excluding carboxylic acids is 2. The molecule has 1 aliphatic heterocycles. The predicted molar refractivity (Wildman–Crippen MR) is 180 cm³/mol. The molecule has 3 amide bonds. The number of ether oxygens (including phenoxy) is 3. The number of aromatic carboxylic acids is 2. The average molecular weight is 719 g/mol. The Morgan fingerprint density at radius 1 is 0.833 bits per heavy atom. The van der Waals surface area contributed by atoms with Crippen LogP contribution in [-0.2, 0) is 11.2 Å². The van der Waals surface area contributed by atoms with Gasteiger partial charge in [0, 0.05) is 10.9 Å². The van der Waals surface area contributed by atoms with Crippen molar-refractivity contribution < 1.29 is 43.6 Å². The van der Waals surface area contributed by atoms with Gasteiger partial charge in [0.1, 0.15) is 30.0 Å². The van der Waals surface area contributed by atoms with Crippen LogP contribution >= 0.6 is 15.9 Å². The number of urea groups is 1. The Labute approximate surface area is 284 Å². The van der Waals surface area contributed by atoms with Crippen LogP contribution in [-0.4, -0.2) is 71.4 Å². The number of nitrogens with one attached hydrogen (secondary N) is 2. The van der Waals surface area contributed by atoms with Crippen molar-refractivity contribution >= 4 is 51.2 Å². The van der Waals surface area contributed by atoms with Gasteiger partial charge < -0.3 is 40.0 Å². The number of likely N-dealkylation sites (tertiary alicyclic amines) is 1. The Morgan fingerprint density at radius 2 is 1.46 bits per heavy atom. The number of rotatable bonds is 12. The van der Waals surface area contributed by atoms with Gasteiger partial charge in [0.25, 0.3) is 0 Å². The van der Waals surface area contributed by atoms with Crippen LogP contribution in [0.25, 0.3) is 0 Å². The minimum atomic E-state index is -1.05. The molecule has 4 N–H and O–H groups in total. The molecular formula is C35H32BrN3O9. The molecule has 0 radical (unpaired) electrons. The maximum absolute atomic E-state index is 13.7. The number of anilines is 2. The van der Waals surface area contributed by atoms with Crippen molar-refractivity contribution in [3.05, 3.63) is 112 Å². The largest absolute Gasteiger partial charge is 0.495 e. The Morgan fingerprint density at radius 3 is 2.08 bits per heavy atom. The number of amides is 3. The molecule has 0 bridgehead atoms. The van der Waals surface area contributed by atoms with Gasteiger partial charge >= 0.3 is 18.0 Å². The quantitative estimate of drug-likeness (QED) is 0.134. The number of para-hydroxylation sites is 1. The van der Waals surface area contributed by atoms with E-state index in [2.05, 4.69) is 26.6 Å². The van der Waals surface area contributed by atoms with Crippen molar-refractivity contribution in [2.24, 2.45) is 0 Å². The molecule has 48 heavy (non-hydrogen) atoms. The van der Waals surface area contributed by atoms with E-state index < -0.39 is 24.1 Å². The molecule has 0 aromatic heterocycles. The number of benzene rings is 4. The average Bonchev–Trinajstić information content (AvgIpc) is 3.48. The third-order valence-electron chi connectivity index (χ3n) is 7.64. The molecule has 0 spiro atoms. The summed E-state index contributed by atoms with van der Waals surface area (Å²) in [6.07, 6.45) is 0.0825. The van der Waals surface area contributed by atoms with Gasteiger partial charge in [-0.1, -0.05) is 18.2 Å². The Balaban J connectivity index is 1.27. The molecule has 1 saturated heterocycles. The van der Waals surface area contributed by atoms with Crippen LogP contribution in [0.15, 0.2) is 95.5 Å². The van der Waals surface area contributed by atoms with Gasteiger partial charge in [-0.05, 0) is 94.3 Å². The fourth-order valence-electron chi connectivity index (χ4n) is 5.24. The minimum Gasteiger partial charge on any atom is -0.495 e. The zero-order valence-corrected chi connectivity index (χ0v) is 27.3. The summed E-state index contributed by atoms with van der Waals surface area (Å²) in [6, 6.07) is 23.5. The standard InChI is InChI=1S/C35H32BrN3O9/c1-46-31-16-21(6-15-30(31)38-35(45)37-29-5-3-2-4-28(29)36)17-32(40)39-19-27(48-26-13-9-23(10-14-26)34(43)44)18-24(39)20-47-25-11-7-22(8-12-25)33(41)42/h2-16,24,27H,17-20H2,1H3,(H,41,42)(H,43,44)(H2,37,38,45)/t24-,27-/m0/s1. The molecule has 248 valence electrons. The van der Waals surface area contributed by atoms with E-state index in [1.165, 1.54) is 31.4 Å². The molecule has 12 nitrogen and oxygen atoms in total. The van der Waals surface area contributed by atoms with Gasteiger partial charge in [-0.15, -0.1) is 0 Å². The summed E-state index contributed by atoms with van der Waals surface area (Å²) in [5.41, 5.74) is 1.93. The van der Waals surface area contributed by atoms with E-state index in [0.29, 0.717) is 40.6 Å². The van der Waals surface area contributed by atoms with E-state index in [9.17, 15) is 29.4 Å². The molecule has 0 saturated carbocycles. The number of nitrogens with zero attached hydrogens (tertiary/aromatic N) is 1. The molecular weight excluding hydrogens is 686 g/mol. The highest BCUT2D eigenvalue weighted by Crippen LogP contribution is 2.29. The molecule has 0 aliphatic carbocycles. The molecule has 0 unspecified atom stereocenters. The molecule has 4 aromatic rings. The summed E-state index contributed by atoms with van der Waals surface area (Å²) in [5.74, 6) is -0.977. The van der Waals surface area contributed by atoms with Crippen molar-refractivity contribution in [2.75, 3.05) is 30.9 Å².